The molecule has 0 radical (unpaired) electrons. The van der Waals surface area contributed by atoms with Crippen molar-refractivity contribution in [1.29, 1.82) is 0 Å². The minimum Gasteiger partial charge on any atom is -0.389 e. The van der Waals surface area contributed by atoms with Gasteiger partial charge in [-0.1, -0.05) is 12.1 Å². The van der Waals surface area contributed by atoms with Gasteiger partial charge in [-0.15, -0.1) is 0 Å². The first-order valence-electron chi connectivity index (χ1n) is 5.77. The summed E-state index contributed by atoms with van der Waals surface area (Å²) in [6, 6.07) is 6.59. The third kappa shape index (κ3) is 3.75. The van der Waals surface area contributed by atoms with E-state index in [4.69, 9.17) is 0 Å². The molecule has 1 aromatic heterocycles. The lowest BCUT2D eigenvalue weighted by Gasteiger charge is -2.09. The summed E-state index contributed by atoms with van der Waals surface area (Å²) >= 11 is 0. The highest BCUT2D eigenvalue weighted by molar-refractivity contribution is 5.99. The molecule has 98 valence electrons. The van der Waals surface area contributed by atoms with E-state index in [-0.39, 0.29) is 0 Å². The van der Waals surface area contributed by atoms with Crippen LogP contribution in [0.15, 0.2) is 42.9 Å². The fourth-order valence-electron chi connectivity index (χ4n) is 1.52. The number of aliphatic hydroxyl groups is 1. The smallest absolute Gasteiger partial charge is 0.324 e. The maximum atomic E-state index is 11.7. The molecule has 3 N–H and O–H groups in total. The van der Waals surface area contributed by atoms with Crippen molar-refractivity contribution < 1.29 is 9.90 Å². The van der Waals surface area contributed by atoms with Crippen LogP contribution in [-0.4, -0.2) is 21.1 Å². The molecule has 0 saturated carbocycles. The van der Waals surface area contributed by atoms with E-state index >= 15 is 0 Å². The highest BCUT2D eigenvalue weighted by Crippen LogP contribution is 2.17. The van der Waals surface area contributed by atoms with E-state index in [0.717, 1.165) is 5.56 Å². The molecule has 0 bridgehead atoms. The average Bonchev–Trinajstić information content (AvgIpc) is 2.40. The summed E-state index contributed by atoms with van der Waals surface area (Å²) in [5.74, 6) is 0.367. The Balaban J connectivity index is 2.01. The summed E-state index contributed by atoms with van der Waals surface area (Å²) < 4.78 is 0. The number of nitrogens with zero attached hydrogens (tertiary/aromatic N) is 2. The fourth-order valence-corrected chi connectivity index (χ4v) is 1.52. The van der Waals surface area contributed by atoms with Crippen LogP contribution in [0.1, 0.15) is 18.6 Å². The maximum absolute atomic E-state index is 11.7. The second-order valence-electron chi connectivity index (χ2n) is 3.97. The summed E-state index contributed by atoms with van der Waals surface area (Å²) in [4.78, 5) is 19.5. The lowest BCUT2D eigenvalue weighted by Crippen LogP contribution is -2.20. The number of benzene rings is 1. The van der Waals surface area contributed by atoms with Gasteiger partial charge in [0.25, 0.3) is 0 Å². The standard InChI is InChI=1S/C13H14N4O2/c1-9(18)10-3-2-4-11(7-10)16-13(19)17-12-8-14-5-6-15-12/h2-9,18H,1H3,(H2,15,16,17,19). The second-order valence-corrected chi connectivity index (χ2v) is 3.97. The number of urea groups is 1. The highest BCUT2D eigenvalue weighted by Gasteiger charge is 2.05. The lowest BCUT2D eigenvalue weighted by atomic mass is 10.1. The second kappa shape index (κ2) is 5.92. The minimum atomic E-state index is -0.579. The zero-order valence-electron chi connectivity index (χ0n) is 10.4. The van der Waals surface area contributed by atoms with Gasteiger partial charge < -0.3 is 10.4 Å². The van der Waals surface area contributed by atoms with Gasteiger partial charge in [0.2, 0.25) is 0 Å². The molecule has 0 fully saturated rings. The first kappa shape index (κ1) is 13.0. The van der Waals surface area contributed by atoms with Crippen LogP contribution < -0.4 is 10.6 Å². The molecule has 1 aromatic carbocycles. The third-order valence-corrected chi connectivity index (χ3v) is 2.43. The topological polar surface area (TPSA) is 87.1 Å². The van der Waals surface area contributed by atoms with Crippen molar-refractivity contribution >= 4 is 17.5 Å². The number of amides is 2. The zero-order valence-corrected chi connectivity index (χ0v) is 10.4. The molecule has 2 amide bonds. The van der Waals surface area contributed by atoms with E-state index in [1.54, 1.807) is 31.2 Å². The Hall–Kier alpha value is -2.47. The van der Waals surface area contributed by atoms with E-state index < -0.39 is 12.1 Å². The van der Waals surface area contributed by atoms with Gasteiger partial charge in [-0.05, 0) is 24.6 Å². The van der Waals surface area contributed by atoms with Crippen LogP contribution in [0.5, 0.6) is 0 Å². The van der Waals surface area contributed by atoms with E-state index in [1.807, 2.05) is 0 Å². The predicted octanol–water partition coefficient (Wildman–Crippen LogP) is 2.17. The Kier molecular flexibility index (Phi) is 4.04. The minimum absolute atomic E-state index is 0.367. The molecule has 0 spiro atoms. The van der Waals surface area contributed by atoms with Crippen molar-refractivity contribution in [1.82, 2.24) is 9.97 Å². The highest BCUT2D eigenvalue weighted by atomic mass is 16.3. The molecule has 0 aliphatic heterocycles. The van der Waals surface area contributed by atoms with Gasteiger partial charge in [-0.2, -0.15) is 0 Å². The van der Waals surface area contributed by atoms with Crippen molar-refractivity contribution in [3.8, 4) is 0 Å². The van der Waals surface area contributed by atoms with E-state index in [0.29, 0.717) is 11.5 Å². The summed E-state index contributed by atoms with van der Waals surface area (Å²) in [6.07, 6.45) is 3.88. The Bertz CT molecular complexity index is 558. The molecule has 6 heteroatoms. The van der Waals surface area contributed by atoms with E-state index in [1.165, 1.54) is 18.6 Å². The van der Waals surface area contributed by atoms with Gasteiger partial charge in [0.05, 0.1) is 12.3 Å². The summed E-state index contributed by atoms with van der Waals surface area (Å²) in [7, 11) is 0. The maximum Gasteiger partial charge on any atom is 0.324 e. The van der Waals surface area contributed by atoms with Gasteiger partial charge >= 0.3 is 6.03 Å². The molecule has 19 heavy (non-hydrogen) atoms. The molecule has 0 aliphatic carbocycles. The molecule has 0 aliphatic rings. The molecule has 6 nitrogen and oxygen atoms in total. The van der Waals surface area contributed by atoms with Crippen LogP contribution in [0.3, 0.4) is 0 Å². The SMILES string of the molecule is CC(O)c1cccc(NC(=O)Nc2cnccn2)c1. The van der Waals surface area contributed by atoms with Crippen LogP contribution in [0.4, 0.5) is 16.3 Å². The average molecular weight is 258 g/mol. The number of rotatable bonds is 3. The predicted molar refractivity (Wildman–Crippen MR) is 71.7 cm³/mol. The molecule has 1 unspecified atom stereocenters. The first-order chi connectivity index (χ1) is 9.15. The van der Waals surface area contributed by atoms with Gasteiger partial charge in [0, 0.05) is 18.1 Å². The Morgan fingerprint density at radius 1 is 1.32 bits per heavy atom. The Morgan fingerprint density at radius 3 is 2.84 bits per heavy atom. The molecule has 2 aromatic rings. The van der Waals surface area contributed by atoms with Gasteiger partial charge in [0.1, 0.15) is 0 Å². The Labute approximate surface area is 110 Å². The summed E-state index contributed by atoms with van der Waals surface area (Å²) in [5.41, 5.74) is 1.33. The fraction of sp³-hybridized carbons (Fsp3) is 0.154. The number of carbonyl (C=O) groups excluding carboxylic acids is 1. The van der Waals surface area contributed by atoms with Crippen molar-refractivity contribution in [3.63, 3.8) is 0 Å². The summed E-state index contributed by atoms with van der Waals surface area (Å²) in [6.45, 7) is 1.67. The summed E-state index contributed by atoms with van der Waals surface area (Å²) in [5, 5.41) is 14.7. The molecular formula is C13H14N4O2. The molecular weight excluding hydrogens is 244 g/mol. The normalized spacial score (nSPS) is 11.7. The van der Waals surface area contributed by atoms with E-state index in [9.17, 15) is 9.90 Å². The number of nitrogens with one attached hydrogen (secondary N) is 2. The van der Waals surface area contributed by atoms with Crippen LogP contribution in [-0.2, 0) is 0 Å². The number of anilines is 2. The number of aromatic nitrogens is 2. The number of hydrogen-bond donors (Lipinski definition) is 3. The number of carbonyl (C=O) groups is 1. The van der Waals surface area contributed by atoms with Crippen molar-refractivity contribution in [2.75, 3.05) is 10.6 Å². The number of hydrogen-bond acceptors (Lipinski definition) is 4. The number of aliphatic hydroxyl groups excluding tert-OH is 1. The van der Waals surface area contributed by atoms with Gasteiger partial charge in [-0.3, -0.25) is 10.3 Å². The monoisotopic (exact) mass is 258 g/mol. The van der Waals surface area contributed by atoms with E-state index in [2.05, 4.69) is 20.6 Å². The van der Waals surface area contributed by atoms with Gasteiger partial charge in [0.15, 0.2) is 5.82 Å². The van der Waals surface area contributed by atoms with Gasteiger partial charge in [-0.25, -0.2) is 9.78 Å². The zero-order chi connectivity index (χ0) is 13.7. The lowest BCUT2D eigenvalue weighted by molar-refractivity contribution is 0.199. The molecule has 0 saturated heterocycles. The third-order valence-electron chi connectivity index (χ3n) is 2.43. The van der Waals surface area contributed by atoms with Crippen molar-refractivity contribution in [2.45, 2.75) is 13.0 Å². The van der Waals surface area contributed by atoms with Crippen LogP contribution >= 0.6 is 0 Å². The van der Waals surface area contributed by atoms with Crippen molar-refractivity contribution in [2.24, 2.45) is 0 Å². The first-order valence-corrected chi connectivity index (χ1v) is 5.77. The van der Waals surface area contributed by atoms with Crippen LogP contribution in [0.25, 0.3) is 0 Å². The quantitative estimate of drug-likeness (QED) is 0.787. The van der Waals surface area contributed by atoms with Crippen molar-refractivity contribution in [3.05, 3.63) is 48.4 Å². The van der Waals surface area contributed by atoms with Crippen LogP contribution in [0.2, 0.25) is 0 Å². The largest absolute Gasteiger partial charge is 0.389 e. The van der Waals surface area contributed by atoms with Crippen LogP contribution in [0, 0.1) is 0 Å². The Morgan fingerprint density at radius 2 is 2.16 bits per heavy atom. The molecule has 2 rings (SSSR count). The molecule has 1 heterocycles. The molecule has 1 atom stereocenters.